The average molecular weight is 260 g/mol. The Kier molecular flexibility index (Phi) is 8.71. The minimum atomic E-state index is -1.34. The van der Waals surface area contributed by atoms with Gasteiger partial charge in [0.2, 0.25) is 5.78 Å². The number of aryl methyl sites for hydroxylation is 1. The maximum Gasteiger partial charge on any atom is 1.00 e. The Balaban J connectivity index is 0. The van der Waals surface area contributed by atoms with Crippen molar-refractivity contribution in [2.24, 2.45) is 0 Å². The molecule has 4 nitrogen and oxygen atoms in total. The van der Waals surface area contributed by atoms with Gasteiger partial charge >= 0.3 is 35.5 Å². The Bertz CT molecular complexity index is 392. The van der Waals surface area contributed by atoms with Gasteiger partial charge in [0.25, 0.3) is 0 Å². The summed E-state index contributed by atoms with van der Waals surface area (Å²) in [5.41, 5.74) is 1.16. The zero-order valence-electron chi connectivity index (χ0n) is 11.8. The Morgan fingerprint density at radius 3 is 2.33 bits per heavy atom. The van der Waals surface area contributed by atoms with Gasteiger partial charge in [0.15, 0.2) is 0 Å². The van der Waals surface area contributed by atoms with Gasteiger partial charge in [-0.15, -0.1) is 0 Å². The SMILES string of the molecule is COc1ccc(CCCCC(=O)C(=O)O)cc1.[H-].[Na+]. The number of carboxylic acid groups (broad SMARTS) is 1. The van der Waals surface area contributed by atoms with Crippen LogP contribution in [0.25, 0.3) is 0 Å². The van der Waals surface area contributed by atoms with E-state index < -0.39 is 11.8 Å². The topological polar surface area (TPSA) is 63.6 Å². The van der Waals surface area contributed by atoms with E-state index in [9.17, 15) is 9.59 Å². The number of ether oxygens (including phenoxy) is 1. The number of aliphatic carboxylic acids is 1. The van der Waals surface area contributed by atoms with Crippen molar-refractivity contribution < 1.29 is 50.4 Å². The molecule has 5 heteroatoms. The summed E-state index contributed by atoms with van der Waals surface area (Å²) in [6, 6.07) is 7.71. The number of benzene rings is 1. The van der Waals surface area contributed by atoms with Crippen molar-refractivity contribution >= 4 is 11.8 Å². The summed E-state index contributed by atoms with van der Waals surface area (Å²) in [4.78, 5) is 21.1. The molecule has 0 aliphatic carbocycles. The van der Waals surface area contributed by atoms with Crippen LogP contribution in [0.4, 0.5) is 0 Å². The molecule has 0 fully saturated rings. The van der Waals surface area contributed by atoms with Crippen molar-refractivity contribution in [1.82, 2.24) is 0 Å². The second-order valence-corrected chi connectivity index (χ2v) is 3.78. The number of rotatable bonds is 7. The average Bonchev–Trinajstić information content (AvgIpc) is 2.35. The molecule has 1 rings (SSSR count). The molecule has 0 unspecified atom stereocenters. The molecule has 0 saturated carbocycles. The third-order valence-corrected chi connectivity index (χ3v) is 2.52. The monoisotopic (exact) mass is 260 g/mol. The Morgan fingerprint density at radius 2 is 1.83 bits per heavy atom. The van der Waals surface area contributed by atoms with E-state index in [1.54, 1.807) is 7.11 Å². The molecule has 0 atom stereocenters. The summed E-state index contributed by atoms with van der Waals surface area (Å²) in [5, 5.41) is 8.39. The molecule has 0 amide bonds. The minimum Gasteiger partial charge on any atom is -1.00 e. The molecule has 0 spiro atoms. The van der Waals surface area contributed by atoms with E-state index in [-0.39, 0.29) is 37.4 Å². The molecule has 0 aliphatic rings. The zero-order chi connectivity index (χ0) is 12.7. The summed E-state index contributed by atoms with van der Waals surface area (Å²) in [6.07, 6.45) is 2.38. The second-order valence-electron chi connectivity index (χ2n) is 3.78. The number of ketones is 1. The van der Waals surface area contributed by atoms with Crippen LogP contribution in [-0.2, 0) is 16.0 Å². The number of carbonyl (C=O) groups excluding carboxylic acids is 1. The Hall–Kier alpha value is -0.840. The van der Waals surface area contributed by atoms with E-state index in [4.69, 9.17) is 9.84 Å². The summed E-state index contributed by atoms with van der Waals surface area (Å²) in [6.45, 7) is 0. The quantitative estimate of drug-likeness (QED) is 0.395. The van der Waals surface area contributed by atoms with Gasteiger partial charge in [0.1, 0.15) is 5.75 Å². The van der Waals surface area contributed by atoms with Crippen LogP contribution in [0, 0.1) is 0 Å². The molecule has 1 N–H and O–H groups in total. The predicted octanol–water partition coefficient (Wildman–Crippen LogP) is -0.822. The van der Waals surface area contributed by atoms with Gasteiger partial charge in [-0.3, -0.25) is 4.79 Å². The fourth-order valence-electron chi connectivity index (χ4n) is 1.51. The van der Waals surface area contributed by atoms with Gasteiger partial charge < -0.3 is 11.3 Å². The van der Waals surface area contributed by atoms with E-state index in [0.29, 0.717) is 6.42 Å². The van der Waals surface area contributed by atoms with Crippen LogP contribution in [0.1, 0.15) is 26.3 Å². The minimum absolute atomic E-state index is 0. The normalized spacial score (nSPS) is 9.39. The number of Topliss-reactive ketones (excluding diaryl/α,β-unsaturated/α-hetero) is 1. The van der Waals surface area contributed by atoms with Crippen LogP contribution in [-0.4, -0.2) is 24.0 Å². The standard InChI is InChI=1S/C13H16O4.Na.H/c1-17-11-8-6-10(7-9-11)4-2-3-5-12(14)13(15)16;;/h6-9H,2-5H2,1H3,(H,15,16);;/q;+1;-1. The molecule has 0 aromatic heterocycles. The van der Waals surface area contributed by atoms with Crippen LogP contribution in [0.5, 0.6) is 5.75 Å². The van der Waals surface area contributed by atoms with Gasteiger partial charge in [0, 0.05) is 6.42 Å². The maximum absolute atomic E-state index is 10.8. The Morgan fingerprint density at radius 1 is 1.22 bits per heavy atom. The van der Waals surface area contributed by atoms with E-state index in [1.165, 1.54) is 0 Å². The molecule has 94 valence electrons. The molecule has 0 radical (unpaired) electrons. The fourth-order valence-corrected chi connectivity index (χ4v) is 1.51. The number of carbonyl (C=O) groups is 2. The third kappa shape index (κ3) is 6.19. The summed E-state index contributed by atoms with van der Waals surface area (Å²) >= 11 is 0. The van der Waals surface area contributed by atoms with E-state index >= 15 is 0 Å². The number of carboxylic acids is 1. The number of unbranched alkanes of at least 4 members (excludes halogenated alkanes) is 1. The molecule has 18 heavy (non-hydrogen) atoms. The summed E-state index contributed by atoms with van der Waals surface area (Å²) in [5.74, 6) is -1.23. The first-order valence-corrected chi connectivity index (χ1v) is 5.52. The number of methoxy groups -OCH3 is 1. The molecule has 0 bridgehead atoms. The van der Waals surface area contributed by atoms with Gasteiger partial charge in [-0.25, -0.2) is 4.79 Å². The zero-order valence-corrected chi connectivity index (χ0v) is 12.8. The van der Waals surface area contributed by atoms with Gasteiger partial charge in [-0.2, -0.15) is 0 Å². The van der Waals surface area contributed by atoms with Crippen molar-refractivity contribution in [3.63, 3.8) is 0 Å². The van der Waals surface area contributed by atoms with Gasteiger partial charge in [-0.05, 0) is 37.0 Å². The van der Waals surface area contributed by atoms with E-state index in [0.717, 1.165) is 24.2 Å². The summed E-state index contributed by atoms with van der Waals surface area (Å²) < 4.78 is 5.04. The van der Waals surface area contributed by atoms with Crippen LogP contribution in [0.3, 0.4) is 0 Å². The van der Waals surface area contributed by atoms with Crippen LogP contribution < -0.4 is 34.3 Å². The molecule has 0 heterocycles. The molecule has 0 aliphatic heterocycles. The maximum atomic E-state index is 10.8. The predicted molar refractivity (Wildman–Crippen MR) is 64.3 cm³/mol. The molecule has 0 saturated heterocycles. The van der Waals surface area contributed by atoms with Crippen LogP contribution in [0.15, 0.2) is 24.3 Å². The van der Waals surface area contributed by atoms with E-state index in [1.807, 2.05) is 24.3 Å². The first-order chi connectivity index (χ1) is 8.13. The van der Waals surface area contributed by atoms with Crippen molar-refractivity contribution in [3.8, 4) is 5.75 Å². The first-order valence-electron chi connectivity index (χ1n) is 5.52. The first kappa shape index (κ1) is 17.2. The van der Waals surface area contributed by atoms with Crippen LogP contribution in [0.2, 0.25) is 0 Å². The fraction of sp³-hybridized carbons (Fsp3) is 0.385. The second kappa shape index (κ2) is 9.14. The van der Waals surface area contributed by atoms with Crippen molar-refractivity contribution in [1.29, 1.82) is 0 Å². The largest absolute Gasteiger partial charge is 1.00 e. The Labute approximate surface area is 130 Å². The number of hydrogen-bond acceptors (Lipinski definition) is 3. The molecular weight excluding hydrogens is 243 g/mol. The van der Waals surface area contributed by atoms with Crippen molar-refractivity contribution in [2.45, 2.75) is 25.7 Å². The molecule has 1 aromatic carbocycles. The van der Waals surface area contributed by atoms with Gasteiger partial charge in [-0.1, -0.05) is 12.1 Å². The van der Waals surface area contributed by atoms with Crippen molar-refractivity contribution in [2.75, 3.05) is 7.11 Å². The summed E-state index contributed by atoms with van der Waals surface area (Å²) in [7, 11) is 1.62. The number of hydrogen-bond donors (Lipinski definition) is 1. The third-order valence-electron chi connectivity index (χ3n) is 2.52. The van der Waals surface area contributed by atoms with E-state index in [2.05, 4.69) is 0 Å². The molecule has 1 aromatic rings. The van der Waals surface area contributed by atoms with Crippen molar-refractivity contribution in [3.05, 3.63) is 29.8 Å². The van der Waals surface area contributed by atoms with Gasteiger partial charge in [0.05, 0.1) is 7.11 Å². The molecular formula is C13H17NaO4. The smallest absolute Gasteiger partial charge is 1.00 e. The van der Waals surface area contributed by atoms with Crippen LogP contribution >= 0.6 is 0 Å².